The number of anilines is 2. The molecule has 1 aliphatic heterocycles. The van der Waals surface area contributed by atoms with Crippen molar-refractivity contribution in [2.24, 2.45) is 0 Å². The van der Waals surface area contributed by atoms with Crippen molar-refractivity contribution in [2.45, 2.75) is 39.7 Å². The Balaban J connectivity index is 1.88. The van der Waals surface area contributed by atoms with Gasteiger partial charge in [-0.1, -0.05) is 43.7 Å². The van der Waals surface area contributed by atoms with Gasteiger partial charge in [0, 0.05) is 45.7 Å². The smallest absolute Gasteiger partial charge is 0.257 e. The predicted molar refractivity (Wildman–Crippen MR) is 124 cm³/mol. The minimum absolute atomic E-state index is 0.0476. The molecule has 1 fully saturated rings. The molecule has 2 amide bonds. The summed E-state index contributed by atoms with van der Waals surface area (Å²) in [6.45, 7) is 8.44. The van der Waals surface area contributed by atoms with Crippen molar-refractivity contribution in [3.05, 3.63) is 53.7 Å². The van der Waals surface area contributed by atoms with E-state index >= 15 is 0 Å². The van der Waals surface area contributed by atoms with E-state index in [9.17, 15) is 9.59 Å². The molecule has 2 heterocycles. The molecular formula is C24H33N5O2. The van der Waals surface area contributed by atoms with Crippen LogP contribution in [0.3, 0.4) is 0 Å². The molecule has 0 spiro atoms. The molecule has 1 saturated heterocycles. The number of benzene rings is 1. The van der Waals surface area contributed by atoms with Crippen LogP contribution in [-0.4, -0.2) is 54.4 Å². The quantitative estimate of drug-likeness (QED) is 0.647. The number of nitrogens with one attached hydrogen (secondary N) is 2. The van der Waals surface area contributed by atoms with Gasteiger partial charge in [-0.15, -0.1) is 0 Å². The normalized spacial score (nSPS) is 13.7. The van der Waals surface area contributed by atoms with Crippen molar-refractivity contribution in [1.82, 2.24) is 15.2 Å². The summed E-state index contributed by atoms with van der Waals surface area (Å²) in [7, 11) is 0. The van der Waals surface area contributed by atoms with Gasteiger partial charge in [-0.05, 0) is 25.0 Å². The molecule has 0 saturated carbocycles. The van der Waals surface area contributed by atoms with Crippen molar-refractivity contribution in [3.8, 4) is 0 Å². The van der Waals surface area contributed by atoms with Gasteiger partial charge in [0.05, 0.1) is 17.4 Å². The molecule has 7 nitrogen and oxygen atoms in total. The Labute approximate surface area is 184 Å². The van der Waals surface area contributed by atoms with E-state index in [4.69, 9.17) is 0 Å². The van der Waals surface area contributed by atoms with E-state index in [1.165, 1.54) is 0 Å². The third kappa shape index (κ3) is 6.28. The van der Waals surface area contributed by atoms with Gasteiger partial charge in [-0.2, -0.15) is 0 Å². The number of amides is 2. The lowest BCUT2D eigenvalue weighted by atomic mass is 10.1. The first-order valence-electron chi connectivity index (χ1n) is 11.2. The maximum atomic E-state index is 13.6. The number of piperazine rings is 1. The largest absolute Gasteiger partial charge is 0.353 e. The molecule has 0 radical (unpaired) electrons. The van der Waals surface area contributed by atoms with Crippen molar-refractivity contribution in [1.29, 1.82) is 0 Å². The first-order valence-corrected chi connectivity index (χ1v) is 11.2. The van der Waals surface area contributed by atoms with Gasteiger partial charge < -0.3 is 20.4 Å². The minimum atomic E-state index is -0.0722. The average molecular weight is 424 g/mol. The number of hydrogen-bond acceptors (Lipinski definition) is 5. The highest BCUT2D eigenvalue weighted by molar-refractivity contribution is 6.01. The van der Waals surface area contributed by atoms with Gasteiger partial charge in [-0.3, -0.25) is 9.59 Å². The minimum Gasteiger partial charge on any atom is -0.353 e. The first-order chi connectivity index (χ1) is 15.1. The lowest BCUT2D eigenvalue weighted by Crippen LogP contribution is -2.45. The van der Waals surface area contributed by atoms with Gasteiger partial charge in [0.25, 0.3) is 5.91 Å². The Morgan fingerprint density at radius 1 is 1.16 bits per heavy atom. The zero-order valence-corrected chi connectivity index (χ0v) is 18.6. The molecule has 0 aliphatic carbocycles. The molecule has 166 valence electrons. The fourth-order valence-corrected chi connectivity index (χ4v) is 3.67. The monoisotopic (exact) mass is 423 g/mol. The maximum absolute atomic E-state index is 13.6. The lowest BCUT2D eigenvalue weighted by molar-refractivity contribution is -0.116. The van der Waals surface area contributed by atoms with Crippen LogP contribution in [0.5, 0.6) is 0 Å². The summed E-state index contributed by atoms with van der Waals surface area (Å²) in [5, 5.41) is 6.24. The fraction of sp³-hybridized carbons (Fsp3) is 0.458. The van der Waals surface area contributed by atoms with E-state index in [1.807, 2.05) is 42.2 Å². The number of unbranched alkanes of at least 4 members (excludes halogenated alkanes) is 1. The molecule has 7 heteroatoms. The summed E-state index contributed by atoms with van der Waals surface area (Å²) in [6.07, 6.45) is 3.92. The van der Waals surface area contributed by atoms with Crippen LogP contribution in [0.15, 0.2) is 42.6 Å². The van der Waals surface area contributed by atoms with Crippen LogP contribution in [0.2, 0.25) is 0 Å². The molecule has 1 aromatic heterocycles. The second-order valence-electron chi connectivity index (χ2n) is 7.79. The van der Waals surface area contributed by atoms with E-state index < -0.39 is 0 Å². The van der Waals surface area contributed by atoms with Crippen LogP contribution in [0.25, 0.3) is 0 Å². The van der Waals surface area contributed by atoms with E-state index in [1.54, 1.807) is 12.3 Å². The zero-order valence-electron chi connectivity index (χ0n) is 18.6. The summed E-state index contributed by atoms with van der Waals surface area (Å²) >= 11 is 0. The number of hydrogen-bond donors (Lipinski definition) is 2. The highest BCUT2D eigenvalue weighted by atomic mass is 16.2. The van der Waals surface area contributed by atoms with Gasteiger partial charge >= 0.3 is 0 Å². The number of carbonyl (C=O) groups excluding carboxylic acids is 2. The molecule has 0 unspecified atom stereocenters. The number of rotatable bonds is 9. The molecular weight excluding hydrogens is 390 g/mol. The van der Waals surface area contributed by atoms with Crippen LogP contribution in [-0.2, 0) is 11.3 Å². The van der Waals surface area contributed by atoms with Crippen LogP contribution in [0.1, 0.15) is 49.0 Å². The Kier molecular flexibility index (Phi) is 8.41. The van der Waals surface area contributed by atoms with Crippen LogP contribution in [0, 0.1) is 0 Å². The molecule has 2 aromatic rings. The van der Waals surface area contributed by atoms with Crippen molar-refractivity contribution in [2.75, 3.05) is 42.9 Å². The highest BCUT2D eigenvalue weighted by Gasteiger charge is 2.24. The van der Waals surface area contributed by atoms with Gasteiger partial charge in [0.15, 0.2) is 0 Å². The van der Waals surface area contributed by atoms with Gasteiger partial charge in [-0.25, -0.2) is 4.98 Å². The summed E-state index contributed by atoms with van der Waals surface area (Å²) in [6, 6.07) is 11.8. The van der Waals surface area contributed by atoms with Crippen LogP contribution in [0.4, 0.5) is 11.5 Å². The molecule has 0 bridgehead atoms. The van der Waals surface area contributed by atoms with Crippen LogP contribution >= 0.6 is 0 Å². The second kappa shape index (κ2) is 11.5. The lowest BCUT2D eigenvalue weighted by Gasteiger charge is -2.31. The van der Waals surface area contributed by atoms with E-state index in [2.05, 4.69) is 27.4 Å². The highest BCUT2D eigenvalue weighted by Crippen LogP contribution is 2.24. The van der Waals surface area contributed by atoms with Crippen molar-refractivity contribution < 1.29 is 9.59 Å². The Bertz CT molecular complexity index is 866. The third-order valence-electron chi connectivity index (χ3n) is 5.44. The number of carbonyl (C=O) groups is 2. The van der Waals surface area contributed by atoms with Gasteiger partial charge in [0.1, 0.15) is 5.82 Å². The summed E-state index contributed by atoms with van der Waals surface area (Å²) in [4.78, 5) is 34.4. The van der Waals surface area contributed by atoms with Crippen LogP contribution < -0.4 is 15.5 Å². The number of nitrogens with zero attached hydrogens (tertiary/aromatic N) is 3. The number of aromatic nitrogens is 1. The SMILES string of the molecule is CCCCC(=O)Nc1cnc(N2CCNCC2)c(C(=O)N(CC)Cc2ccccc2)c1. The number of pyridine rings is 1. The molecule has 2 N–H and O–H groups in total. The summed E-state index contributed by atoms with van der Waals surface area (Å²) in [5.41, 5.74) is 2.19. The fourth-order valence-electron chi connectivity index (χ4n) is 3.67. The maximum Gasteiger partial charge on any atom is 0.257 e. The van der Waals surface area contributed by atoms with E-state index in [0.717, 1.165) is 44.6 Å². The molecule has 1 aromatic carbocycles. The molecule has 3 rings (SSSR count). The predicted octanol–water partition coefficient (Wildman–Crippen LogP) is 3.28. The zero-order chi connectivity index (χ0) is 22.1. The average Bonchev–Trinajstić information content (AvgIpc) is 2.82. The Morgan fingerprint density at radius 2 is 1.90 bits per heavy atom. The van der Waals surface area contributed by atoms with Gasteiger partial charge in [0.2, 0.25) is 5.91 Å². The second-order valence-corrected chi connectivity index (χ2v) is 7.79. The molecule has 1 aliphatic rings. The summed E-state index contributed by atoms with van der Waals surface area (Å²) in [5.74, 6) is 0.565. The molecule has 31 heavy (non-hydrogen) atoms. The summed E-state index contributed by atoms with van der Waals surface area (Å²) < 4.78 is 0. The standard InChI is InChI=1S/C24H33N5O2/c1-3-5-11-22(30)27-20-16-21(23(26-17-20)29-14-12-25-13-15-29)24(31)28(4-2)18-19-9-7-6-8-10-19/h6-10,16-17,25H,3-5,11-15,18H2,1-2H3,(H,27,30). The van der Waals surface area contributed by atoms with Crippen molar-refractivity contribution >= 4 is 23.3 Å². The Morgan fingerprint density at radius 3 is 2.58 bits per heavy atom. The third-order valence-corrected chi connectivity index (χ3v) is 5.44. The Hall–Kier alpha value is -2.93. The first kappa shape index (κ1) is 22.7. The van der Waals surface area contributed by atoms with E-state index in [-0.39, 0.29) is 11.8 Å². The van der Waals surface area contributed by atoms with Crippen molar-refractivity contribution in [3.63, 3.8) is 0 Å². The topological polar surface area (TPSA) is 77.6 Å². The van der Waals surface area contributed by atoms with E-state index in [0.29, 0.717) is 36.6 Å². The molecule has 0 atom stereocenters.